The lowest BCUT2D eigenvalue weighted by Crippen LogP contribution is -2.44. The Hall–Kier alpha value is -2.57. The number of hydrogen-bond acceptors (Lipinski definition) is 3. The lowest BCUT2D eigenvalue weighted by atomic mass is 9.96. The van der Waals surface area contributed by atoms with E-state index in [1.165, 1.54) is 11.3 Å². The molecule has 0 bridgehead atoms. The number of benzene rings is 1. The van der Waals surface area contributed by atoms with Crippen molar-refractivity contribution in [3.63, 3.8) is 0 Å². The van der Waals surface area contributed by atoms with Crippen LogP contribution < -0.4 is 16.0 Å². The summed E-state index contributed by atoms with van der Waals surface area (Å²) in [6.07, 6.45) is 5.73. The first-order valence-corrected chi connectivity index (χ1v) is 10.4. The van der Waals surface area contributed by atoms with E-state index >= 15 is 0 Å². The number of rotatable bonds is 7. The summed E-state index contributed by atoms with van der Waals surface area (Å²) in [5.41, 5.74) is 3.93. The van der Waals surface area contributed by atoms with Gasteiger partial charge in [0.1, 0.15) is 0 Å². The Kier molecular flexibility index (Phi) is 8.49. The molecule has 1 aliphatic rings. The summed E-state index contributed by atoms with van der Waals surface area (Å²) in [5, 5.41) is 8.59. The minimum atomic E-state index is -0.237. The van der Waals surface area contributed by atoms with Gasteiger partial charge in [-0.3, -0.25) is 9.59 Å². The van der Waals surface area contributed by atoms with Gasteiger partial charge in [-0.05, 0) is 44.7 Å². The topological polar surface area (TPSA) is 90.5 Å². The molecule has 7 nitrogen and oxygen atoms in total. The van der Waals surface area contributed by atoms with Crippen molar-refractivity contribution < 1.29 is 14.4 Å². The molecule has 29 heavy (non-hydrogen) atoms. The number of amides is 4. The molecule has 2 rings (SSSR count). The maximum absolute atomic E-state index is 12.3. The Morgan fingerprint density at radius 1 is 1.03 bits per heavy atom. The van der Waals surface area contributed by atoms with Gasteiger partial charge in [-0.15, -0.1) is 0 Å². The van der Waals surface area contributed by atoms with Gasteiger partial charge in [-0.1, -0.05) is 37.0 Å². The number of urea groups is 1. The van der Waals surface area contributed by atoms with E-state index in [0.717, 1.165) is 48.1 Å². The van der Waals surface area contributed by atoms with Crippen LogP contribution in [-0.4, -0.2) is 48.9 Å². The van der Waals surface area contributed by atoms with Gasteiger partial charge in [-0.25, -0.2) is 4.79 Å². The smallest absolute Gasteiger partial charge is 0.315 e. The number of hydrogen-bond donors (Lipinski definition) is 3. The lowest BCUT2D eigenvalue weighted by molar-refractivity contribution is -0.133. The summed E-state index contributed by atoms with van der Waals surface area (Å²) in [4.78, 5) is 37.9. The zero-order valence-corrected chi connectivity index (χ0v) is 18.1. The summed E-state index contributed by atoms with van der Waals surface area (Å²) in [6, 6.07) is 4.04. The highest BCUT2D eigenvalue weighted by atomic mass is 16.2. The van der Waals surface area contributed by atoms with Crippen LogP contribution in [0.4, 0.5) is 10.5 Å². The molecule has 1 fully saturated rings. The van der Waals surface area contributed by atoms with Crippen molar-refractivity contribution in [2.24, 2.45) is 0 Å². The second kappa shape index (κ2) is 10.8. The normalized spacial score (nSPS) is 14.2. The molecule has 7 heteroatoms. The van der Waals surface area contributed by atoms with Crippen LogP contribution in [0.25, 0.3) is 0 Å². The fraction of sp³-hybridized carbons (Fsp3) is 0.591. The summed E-state index contributed by atoms with van der Waals surface area (Å²) in [7, 11) is 1.60. The van der Waals surface area contributed by atoms with Crippen molar-refractivity contribution in [3.8, 4) is 0 Å². The quantitative estimate of drug-likeness (QED) is 0.655. The van der Waals surface area contributed by atoms with Crippen LogP contribution in [-0.2, 0) is 9.59 Å². The summed E-state index contributed by atoms with van der Waals surface area (Å²) in [5.74, 6) is -0.422. The molecule has 0 atom stereocenters. The third-order valence-electron chi connectivity index (χ3n) is 5.31. The molecule has 1 saturated carbocycles. The van der Waals surface area contributed by atoms with Gasteiger partial charge >= 0.3 is 6.03 Å². The first-order valence-electron chi connectivity index (χ1n) is 10.4. The zero-order valence-electron chi connectivity index (χ0n) is 18.1. The number of carbonyl (C=O) groups excluding carboxylic acids is 3. The van der Waals surface area contributed by atoms with Crippen molar-refractivity contribution in [3.05, 3.63) is 28.8 Å². The molecule has 1 aliphatic carbocycles. The lowest BCUT2D eigenvalue weighted by Gasteiger charge is -2.23. The molecule has 0 heterocycles. The third kappa shape index (κ3) is 7.40. The van der Waals surface area contributed by atoms with E-state index < -0.39 is 0 Å². The molecule has 4 amide bonds. The Labute approximate surface area is 173 Å². The molecule has 1 aromatic carbocycles. The second-order valence-electron chi connectivity index (χ2n) is 8.06. The van der Waals surface area contributed by atoms with Gasteiger partial charge in [0.25, 0.3) is 0 Å². The van der Waals surface area contributed by atoms with Gasteiger partial charge in [0.15, 0.2) is 0 Å². The number of likely N-dealkylation sites (N-methyl/N-ethyl adjacent to an activating group) is 1. The number of anilines is 1. The fourth-order valence-corrected chi connectivity index (χ4v) is 3.82. The van der Waals surface area contributed by atoms with Crippen molar-refractivity contribution in [1.29, 1.82) is 0 Å². The molecule has 1 aromatic rings. The minimum absolute atomic E-state index is 0.0279. The SMILES string of the molecule is Cc1cc(C)c(NC(=O)CN(C)C(=O)CCNC(=O)NC2CCCCC2)c(C)c1. The number of aryl methyl sites for hydroxylation is 3. The summed E-state index contributed by atoms with van der Waals surface area (Å²) < 4.78 is 0. The van der Waals surface area contributed by atoms with Gasteiger partial charge in [0.2, 0.25) is 11.8 Å². The van der Waals surface area contributed by atoms with Crippen molar-refractivity contribution in [1.82, 2.24) is 15.5 Å². The van der Waals surface area contributed by atoms with Gasteiger partial charge in [0.05, 0.1) is 6.54 Å². The van der Waals surface area contributed by atoms with Crippen molar-refractivity contribution in [2.75, 3.05) is 25.5 Å². The van der Waals surface area contributed by atoms with Crippen molar-refractivity contribution in [2.45, 2.75) is 65.3 Å². The van der Waals surface area contributed by atoms with E-state index in [1.54, 1.807) is 7.05 Å². The Morgan fingerprint density at radius 3 is 2.28 bits per heavy atom. The summed E-state index contributed by atoms with van der Waals surface area (Å²) >= 11 is 0. The maximum Gasteiger partial charge on any atom is 0.315 e. The van der Waals surface area contributed by atoms with Crippen LogP contribution >= 0.6 is 0 Å². The molecule has 0 aliphatic heterocycles. The van der Waals surface area contributed by atoms with E-state index in [2.05, 4.69) is 16.0 Å². The first kappa shape index (κ1) is 22.7. The van der Waals surface area contributed by atoms with E-state index in [1.807, 2.05) is 32.9 Å². The van der Waals surface area contributed by atoms with Crippen LogP contribution in [0, 0.1) is 20.8 Å². The van der Waals surface area contributed by atoms with Crippen LogP contribution in [0.3, 0.4) is 0 Å². The van der Waals surface area contributed by atoms with E-state index in [4.69, 9.17) is 0 Å². The molecule has 0 radical (unpaired) electrons. The molecular weight excluding hydrogens is 368 g/mol. The Balaban J connectivity index is 1.71. The number of nitrogens with one attached hydrogen (secondary N) is 3. The molecular formula is C22H34N4O3. The third-order valence-corrected chi connectivity index (χ3v) is 5.31. The predicted molar refractivity (Wildman–Crippen MR) is 115 cm³/mol. The van der Waals surface area contributed by atoms with Gasteiger partial charge in [-0.2, -0.15) is 0 Å². The zero-order chi connectivity index (χ0) is 21.4. The minimum Gasteiger partial charge on any atom is -0.338 e. The highest BCUT2D eigenvalue weighted by molar-refractivity contribution is 5.95. The van der Waals surface area contributed by atoms with Crippen LogP contribution in [0.5, 0.6) is 0 Å². The summed E-state index contributed by atoms with van der Waals surface area (Å²) in [6.45, 7) is 6.14. The van der Waals surface area contributed by atoms with E-state index in [-0.39, 0.29) is 43.4 Å². The van der Waals surface area contributed by atoms with Crippen molar-refractivity contribution >= 4 is 23.5 Å². The van der Waals surface area contributed by atoms with Gasteiger partial charge < -0.3 is 20.9 Å². The highest BCUT2D eigenvalue weighted by Crippen LogP contribution is 2.21. The van der Waals surface area contributed by atoms with Crippen LogP contribution in [0.2, 0.25) is 0 Å². The van der Waals surface area contributed by atoms with Crippen LogP contribution in [0.1, 0.15) is 55.2 Å². The predicted octanol–water partition coefficient (Wildman–Crippen LogP) is 3.03. The monoisotopic (exact) mass is 402 g/mol. The average Bonchev–Trinajstić information content (AvgIpc) is 2.65. The fourth-order valence-electron chi connectivity index (χ4n) is 3.82. The molecule has 160 valence electrons. The van der Waals surface area contributed by atoms with E-state index in [9.17, 15) is 14.4 Å². The number of carbonyl (C=O) groups is 3. The van der Waals surface area contributed by atoms with Gasteiger partial charge in [0, 0.05) is 31.7 Å². The first-order chi connectivity index (χ1) is 13.8. The average molecular weight is 403 g/mol. The van der Waals surface area contributed by atoms with E-state index in [0.29, 0.717) is 0 Å². The molecule has 0 unspecified atom stereocenters. The maximum atomic E-state index is 12.3. The largest absolute Gasteiger partial charge is 0.338 e. The molecule has 0 spiro atoms. The Bertz CT molecular complexity index is 719. The number of nitrogens with zero attached hydrogens (tertiary/aromatic N) is 1. The molecule has 3 N–H and O–H groups in total. The standard InChI is InChI=1S/C22H34N4O3/c1-15-12-16(2)21(17(3)13-15)25-19(27)14-26(4)20(28)10-11-23-22(29)24-18-8-6-5-7-9-18/h12-13,18H,5-11,14H2,1-4H3,(H,25,27)(H2,23,24,29). The molecule has 0 saturated heterocycles. The van der Waals surface area contributed by atoms with Crippen LogP contribution in [0.15, 0.2) is 12.1 Å². The second-order valence-corrected chi connectivity index (χ2v) is 8.06. The highest BCUT2D eigenvalue weighted by Gasteiger charge is 2.17. The Morgan fingerprint density at radius 2 is 1.66 bits per heavy atom. The molecule has 0 aromatic heterocycles.